The number of allylic oxidation sites excluding steroid dienone is 8. The van der Waals surface area contributed by atoms with Crippen molar-refractivity contribution in [2.24, 2.45) is 16.7 Å². The van der Waals surface area contributed by atoms with Gasteiger partial charge in [0.1, 0.15) is 0 Å². The number of hydrogen-bond donors (Lipinski definition) is 0. The molecule has 192 valence electrons. The van der Waals surface area contributed by atoms with Crippen LogP contribution in [0.1, 0.15) is 72.9 Å². The second-order valence-electron chi connectivity index (χ2n) is 11.0. The molecular weight excluding hydrogens is 558 g/mol. The monoisotopic (exact) mass is 598 g/mol. The van der Waals surface area contributed by atoms with Crippen LogP contribution in [0.25, 0.3) is 0 Å². The van der Waals surface area contributed by atoms with Crippen molar-refractivity contribution in [3.63, 3.8) is 0 Å². The maximum atomic E-state index is 3.30. The zero-order valence-electron chi connectivity index (χ0n) is 23.1. The summed E-state index contributed by atoms with van der Waals surface area (Å²) in [4.78, 5) is 0. The van der Waals surface area contributed by atoms with Gasteiger partial charge in [0.05, 0.1) is 0 Å². The van der Waals surface area contributed by atoms with Crippen molar-refractivity contribution in [1.82, 2.24) is 0 Å². The second kappa shape index (κ2) is 15.9. The molecule has 0 amide bonds. The Balaban J connectivity index is 0.000000508. The van der Waals surface area contributed by atoms with Crippen molar-refractivity contribution < 1.29 is 24.2 Å². The first kappa shape index (κ1) is 34.7. The van der Waals surface area contributed by atoms with E-state index in [-0.39, 0.29) is 24.8 Å². The molecule has 0 N–H and O–H groups in total. The van der Waals surface area contributed by atoms with E-state index < -0.39 is 0 Å². The van der Waals surface area contributed by atoms with E-state index in [1.807, 2.05) is 0 Å². The molecule has 0 spiro atoms. The van der Waals surface area contributed by atoms with E-state index in [1.54, 1.807) is 0 Å². The molecular formula is C33H42Cl2Zr. The Bertz CT molecular complexity index is 1020. The summed E-state index contributed by atoms with van der Waals surface area (Å²) in [5.74, 6) is 0.522. The van der Waals surface area contributed by atoms with E-state index in [0.717, 1.165) is 6.42 Å². The predicted octanol–water partition coefficient (Wildman–Crippen LogP) is 9.73. The van der Waals surface area contributed by atoms with Crippen molar-refractivity contribution >= 4 is 28.0 Å². The minimum absolute atomic E-state index is 0. The molecule has 4 rings (SSSR count). The third kappa shape index (κ3) is 11.9. The topological polar surface area (TPSA) is 0 Å². The Morgan fingerprint density at radius 2 is 1.28 bits per heavy atom. The van der Waals surface area contributed by atoms with Gasteiger partial charge >= 0.3 is 99.2 Å². The molecule has 2 aromatic carbocycles. The number of rotatable bonds is 2. The van der Waals surface area contributed by atoms with E-state index in [4.69, 9.17) is 0 Å². The van der Waals surface area contributed by atoms with Crippen molar-refractivity contribution in [3.8, 4) is 0 Å². The fourth-order valence-corrected chi connectivity index (χ4v) is 4.33. The van der Waals surface area contributed by atoms with E-state index in [0.29, 0.717) is 16.7 Å². The quantitative estimate of drug-likeness (QED) is 0.301. The van der Waals surface area contributed by atoms with E-state index in [9.17, 15) is 0 Å². The van der Waals surface area contributed by atoms with Crippen LogP contribution < -0.4 is 0 Å². The molecule has 1 atom stereocenters. The summed E-state index contributed by atoms with van der Waals surface area (Å²) in [5.41, 5.74) is 7.52. The SMILES string of the molecule is CC1=[C-]CC(C(C)(C)C)=C1.CC1[C-]=CC(C(C)(C)C)=C1.Cl.Cl.[Zr+2]=[C](c1ccccc1)c1ccccc1. The van der Waals surface area contributed by atoms with Crippen molar-refractivity contribution in [2.45, 2.75) is 61.8 Å². The standard InChI is InChI=1S/C13H10.2C10H15.2ClH.Zr/c1-3-7-12(8-4-1)11-13-9-5-2-6-10-13;2*1-8-5-6-9(7-8)10(2,3)4;;;/h1-10H;7H,6H2,1-4H3;6-8H,1-4H3;2*1H;/q;2*-1;;;+2. The molecule has 2 aromatic rings. The van der Waals surface area contributed by atoms with Crippen LogP contribution in [0.2, 0.25) is 0 Å². The molecule has 0 nitrogen and oxygen atoms in total. The Labute approximate surface area is 248 Å². The average molecular weight is 601 g/mol. The molecule has 0 aromatic heterocycles. The van der Waals surface area contributed by atoms with Gasteiger partial charge in [0.25, 0.3) is 0 Å². The molecule has 0 aliphatic heterocycles. The van der Waals surface area contributed by atoms with Crippen molar-refractivity contribution in [1.29, 1.82) is 0 Å². The number of halogens is 2. The van der Waals surface area contributed by atoms with E-state index >= 15 is 0 Å². The van der Waals surface area contributed by atoms with Gasteiger partial charge in [-0.25, -0.2) is 17.7 Å². The third-order valence-corrected chi connectivity index (χ3v) is 7.25. The van der Waals surface area contributed by atoms with Crippen LogP contribution in [-0.2, 0) is 24.2 Å². The van der Waals surface area contributed by atoms with Gasteiger partial charge in [-0.3, -0.25) is 12.2 Å². The molecule has 0 saturated carbocycles. The van der Waals surface area contributed by atoms with Crippen molar-refractivity contribution in [3.05, 3.63) is 119 Å². The Morgan fingerprint density at radius 3 is 1.53 bits per heavy atom. The summed E-state index contributed by atoms with van der Waals surface area (Å²) in [6, 6.07) is 21.1. The summed E-state index contributed by atoms with van der Waals surface area (Å²) in [6.07, 6.45) is 14.2. The van der Waals surface area contributed by atoms with Crippen LogP contribution in [0.15, 0.2) is 95.6 Å². The zero-order valence-corrected chi connectivity index (χ0v) is 27.2. The average Bonchev–Trinajstić information content (AvgIpc) is 3.44. The summed E-state index contributed by atoms with van der Waals surface area (Å²) in [5, 5.41) is 0. The van der Waals surface area contributed by atoms with Gasteiger partial charge in [-0.2, -0.15) is 17.2 Å². The summed E-state index contributed by atoms with van der Waals surface area (Å²) in [7, 11) is 0. The van der Waals surface area contributed by atoms with E-state index in [1.165, 1.54) is 55.3 Å². The van der Waals surface area contributed by atoms with Crippen LogP contribution >= 0.6 is 24.8 Å². The summed E-state index contributed by atoms with van der Waals surface area (Å²) in [6.45, 7) is 17.7. The Morgan fingerprint density at radius 1 is 0.806 bits per heavy atom. The van der Waals surface area contributed by atoms with Gasteiger partial charge in [0, 0.05) is 0 Å². The first-order valence-electron chi connectivity index (χ1n) is 12.2. The fourth-order valence-electron chi connectivity index (χ4n) is 3.51. The molecule has 2 aliphatic carbocycles. The molecule has 0 heterocycles. The summed E-state index contributed by atoms with van der Waals surface area (Å²) < 4.78 is 1.42. The molecule has 0 bridgehead atoms. The zero-order chi connectivity index (χ0) is 25.4. The molecule has 0 fully saturated rings. The van der Waals surface area contributed by atoms with Crippen LogP contribution in [0.4, 0.5) is 0 Å². The van der Waals surface area contributed by atoms with Crippen LogP contribution in [0.5, 0.6) is 0 Å². The minimum atomic E-state index is 0. The van der Waals surface area contributed by atoms with Gasteiger partial charge in [0.2, 0.25) is 0 Å². The van der Waals surface area contributed by atoms with Gasteiger partial charge in [-0.1, -0.05) is 66.7 Å². The first-order chi connectivity index (χ1) is 15.9. The van der Waals surface area contributed by atoms with Gasteiger partial charge in [-0.05, 0) is 5.41 Å². The van der Waals surface area contributed by atoms with Gasteiger partial charge in [-0.15, -0.1) is 31.2 Å². The number of hydrogen-bond acceptors (Lipinski definition) is 0. The molecule has 3 heteroatoms. The third-order valence-electron chi connectivity index (χ3n) is 5.83. The Hall–Kier alpha value is -1.27. The number of benzene rings is 2. The first-order valence-corrected chi connectivity index (χ1v) is 13.4. The van der Waals surface area contributed by atoms with Crippen LogP contribution in [0.3, 0.4) is 0 Å². The van der Waals surface area contributed by atoms with E-state index in [2.05, 4.69) is 146 Å². The second-order valence-corrected chi connectivity index (χ2v) is 12.3. The Kier molecular flexibility index (Phi) is 15.3. The van der Waals surface area contributed by atoms with Crippen molar-refractivity contribution in [2.75, 3.05) is 0 Å². The van der Waals surface area contributed by atoms with Crippen LogP contribution in [0, 0.1) is 28.9 Å². The normalized spacial score (nSPS) is 16.1. The van der Waals surface area contributed by atoms with Crippen LogP contribution in [-0.4, -0.2) is 3.21 Å². The molecule has 1 unspecified atom stereocenters. The maximum absolute atomic E-state index is 3.30. The van der Waals surface area contributed by atoms with Gasteiger partial charge in [0.15, 0.2) is 0 Å². The molecule has 2 aliphatic rings. The fraction of sp³-hybridized carbons (Fsp3) is 0.364. The molecule has 36 heavy (non-hydrogen) atoms. The molecule has 0 saturated heterocycles. The molecule has 0 radical (unpaired) electrons. The summed E-state index contributed by atoms with van der Waals surface area (Å²) >= 11 is 1.46. The van der Waals surface area contributed by atoms with Gasteiger partial charge < -0.3 is 0 Å². The predicted molar refractivity (Wildman–Crippen MR) is 160 cm³/mol.